The number of carbonyl (C=O) groups is 2. The number of aromatic nitrogens is 1. The number of nitro groups is 1. The number of nitrogens with zero attached hydrogens (tertiary/aromatic N) is 4. The van der Waals surface area contributed by atoms with E-state index in [-0.39, 0.29) is 22.3 Å². The van der Waals surface area contributed by atoms with Crippen molar-refractivity contribution in [2.75, 3.05) is 9.80 Å². The van der Waals surface area contributed by atoms with Crippen molar-refractivity contribution in [3.05, 3.63) is 125 Å². The fourth-order valence-electron chi connectivity index (χ4n) is 3.80. The Hall–Kier alpha value is -5.22. The lowest BCUT2D eigenvalue weighted by atomic mass is 10.0. The summed E-state index contributed by atoms with van der Waals surface area (Å²) in [6, 6.07) is 27.1. The summed E-state index contributed by atoms with van der Waals surface area (Å²) in [5.74, 6) is -0.458. The molecule has 0 radical (unpaired) electrons. The van der Waals surface area contributed by atoms with Crippen molar-refractivity contribution in [3.8, 4) is 11.6 Å². The normalized spacial score (nSPS) is 13.5. The van der Waals surface area contributed by atoms with Crippen LogP contribution in [0.4, 0.5) is 17.1 Å². The van der Waals surface area contributed by atoms with E-state index in [0.29, 0.717) is 22.7 Å². The molecule has 3 aromatic carbocycles. The molecule has 0 aliphatic carbocycles. The predicted octanol–water partition coefficient (Wildman–Crippen LogP) is 5.53. The van der Waals surface area contributed by atoms with Crippen LogP contribution in [-0.2, 0) is 9.59 Å². The Morgan fingerprint density at radius 3 is 1.82 bits per heavy atom. The SMILES string of the molecule is O=C1C(=Cc2ccc(Oc3ccc([N+](=O)[O-])cn3)cc2)C(=O)N(c2ccccc2)C(=S)N1c1ccccc1. The summed E-state index contributed by atoms with van der Waals surface area (Å²) in [5, 5.41) is 10.9. The second kappa shape index (κ2) is 10.4. The van der Waals surface area contributed by atoms with Gasteiger partial charge in [-0.15, -0.1) is 0 Å². The monoisotopic (exact) mass is 522 g/mol. The van der Waals surface area contributed by atoms with Gasteiger partial charge in [-0.2, -0.15) is 0 Å². The molecule has 10 heteroatoms. The third-order valence-corrected chi connectivity index (χ3v) is 5.99. The van der Waals surface area contributed by atoms with E-state index in [2.05, 4.69) is 4.98 Å². The molecule has 1 aliphatic rings. The van der Waals surface area contributed by atoms with Gasteiger partial charge in [-0.3, -0.25) is 29.5 Å². The molecule has 1 aliphatic heterocycles. The molecule has 0 bridgehead atoms. The number of anilines is 2. The number of hydrogen-bond donors (Lipinski definition) is 0. The number of carbonyl (C=O) groups excluding carboxylic acids is 2. The lowest BCUT2D eigenvalue weighted by Crippen LogP contribution is -2.56. The van der Waals surface area contributed by atoms with Gasteiger partial charge in [0.2, 0.25) is 5.88 Å². The van der Waals surface area contributed by atoms with Crippen LogP contribution in [-0.4, -0.2) is 26.8 Å². The van der Waals surface area contributed by atoms with E-state index < -0.39 is 16.7 Å². The molecule has 9 nitrogen and oxygen atoms in total. The van der Waals surface area contributed by atoms with Gasteiger partial charge in [-0.1, -0.05) is 48.5 Å². The van der Waals surface area contributed by atoms with Crippen molar-refractivity contribution < 1.29 is 19.2 Å². The molecule has 0 unspecified atom stereocenters. The smallest absolute Gasteiger partial charge is 0.287 e. The van der Waals surface area contributed by atoms with Gasteiger partial charge in [0.1, 0.15) is 17.5 Å². The van der Waals surface area contributed by atoms with Crippen molar-refractivity contribution in [3.63, 3.8) is 0 Å². The van der Waals surface area contributed by atoms with Crippen LogP contribution < -0.4 is 14.5 Å². The summed E-state index contributed by atoms with van der Waals surface area (Å²) < 4.78 is 5.64. The van der Waals surface area contributed by atoms with Crippen LogP contribution in [0.15, 0.2) is 109 Å². The average Bonchev–Trinajstić information content (AvgIpc) is 2.93. The van der Waals surface area contributed by atoms with E-state index in [1.807, 2.05) is 12.1 Å². The molecule has 1 saturated heterocycles. The maximum absolute atomic E-state index is 13.6. The Morgan fingerprint density at radius 1 is 0.789 bits per heavy atom. The Morgan fingerprint density at radius 2 is 1.34 bits per heavy atom. The van der Waals surface area contributed by atoms with Crippen LogP contribution in [0.5, 0.6) is 11.6 Å². The largest absolute Gasteiger partial charge is 0.439 e. The number of amides is 2. The Labute approximate surface area is 222 Å². The molecule has 5 rings (SSSR count). The van der Waals surface area contributed by atoms with Gasteiger partial charge in [0, 0.05) is 12.1 Å². The van der Waals surface area contributed by atoms with Crippen LogP contribution in [0.3, 0.4) is 0 Å². The van der Waals surface area contributed by atoms with Crippen molar-refractivity contribution in [2.45, 2.75) is 0 Å². The second-order valence-corrected chi connectivity index (χ2v) is 8.44. The summed E-state index contributed by atoms with van der Waals surface area (Å²) in [6.07, 6.45) is 2.61. The average molecular weight is 523 g/mol. The molecule has 2 heterocycles. The number of para-hydroxylation sites is 2. The van der Waals surface area contributed by atoms with Gasteiger partial charge >= 0.3 is 0 Å². The number of benzene rings is 3. The number of hydrogen-bond acceptors (Lipinski definition) is 7. The molecule has 2 amide bonds. The quantitative estimate of drug-likeness (QED) is 0.108. The summed E-state index contributed by atoms with van der Waals surface area (Å²) in [4.78, 5) is 44.0. The Bertz CT molecular complexity index is 1490. The fourth-order valence-corrected chi connectivity index (χ4v) is 4.18. The van der Waals surface area contributed by atoms with Crippen LogP contribution in [0.1, 0.15) is 5.56 Å². The second-order valence-electron chi connectivity index (χ2n) is 8.08. The molecule has 0 atom stereocenters. The van der Waals surface area contributed by atoms with E-state index in [4.69, 9.17) is 17.0 Å². The Kier molecular flexibility index (Phi) is 6.70. The molecule has 4 aromatic rings. The molecule has 1 aromatic heterocycles. The highest BCUT2D eigenvalue weighted by atomic mass is 32.1. The zero-order valence-corrected chi connectivity index (χ0v) is 20.4. The minimum atomic E-state index is -0.544. The number of rotatable bonds is 6. The fraction of sp³-hybridized carbons (Fsp3) is 0. The van der Waals surface area contributed by atoms with E-state index in [1.165, 1.54) is 28.0 Å². The number of thiocarbonyl (C=S) groups is 1. The zero-order valence-electron chi connectivity index (χ0n) is 19.6. The van der Waals surface area contributed by atoms with Crippen molar-refractivity contribution in [2.24, 2.45) is 0 Å². The minimum absolute atomic E-state index is 0.0583. The number of ether oxygens (including phenoxy) is 1. The van der Waals surface area contributed by atoms with Crippen LogP contribution in [0.25, 0.3) is 6.08 Å². The maximum atomic E-state index is 13.6. The molecule has 186 valence electrons. The molecular weight excluding hydrogens is 504 g/mol. The van der Waals surface area contributed by atoms with Crippen LogP contribution >= 0.6 is 12.2 Å². The molecule has 0 saturated carbocycles. The first-order valence-corrected chi connectivity index (χ1v) is 11.8. The molecule has 38 heavy (non-hydrogen) atoms. The lowest BCUT2D eigenvalue weighted by molar-refractivity contribution is -0.385. The Balaban J connectivity index is 1.46. The topological polar surface area (TPSA) is 106 Å². The highest BCUT2D eigenvalue weighted by Gasteiger charge is 2.41. The first-order chi connectivity index (χ1) is 18.4. The van der Waals surface area contributed by atoms with Gasteiger partial charge < -0.3 is 4.74 Å². The van der Waals surface area contributed by atoms with Crippen molar-refractivity contribution in [1.82, 2.24) is 4.98 Å². The van der Waals surface area contributed by atoms with Crippen molar-refractivity contribution >= 4 is 52.3 Å². The van der Waals surface area contributed by atoms with E-state index in [9.17, 15) is 19.7 Å². The summed E-state index contributed by atoms with van der Waals surface area (Å²) in [7, 11) is 0. The van der Waals surface area contributed by atoms with Gasteiger partial charge in [0.15, 0.2) is 5.11 Å². The van der Waals surface area contributed by atoms with Gasteiger partial charge in [0.25, 0.3) is 17.5 Å². The predicted molar refractivity (Wildman–Crippen MR) is 146 cm³/mol. The van der Waals surface area contributed by atoms with Crippen LogP contribution in [0.2, 0.25) is 0 Å². The third-order valence-electron chi connectivity index (χ3n) is 5.62. The molecule has 1 fully saturated rings. The summed E-state index contributed by atoms with van der Waals surface area (Å²) >= 11 is 5.61. The maximum Gasteiger partial charge on any atom is 0.287 e. The first-order valence-electron chi connectivity index (χ1n) is 11.4. The minimum Gasteiger partial charge on any atom is -0.439 e. The van der Waals surface area contributed by atoms with Gasteiger partial charge in [-0.25, -0.2) is 4.98 Å². The van der Waals surface area contributed by atoms with E-state index in [1.54, 1.807) is 72.8 Å². The number of pyridine rings is 1. The van der Waals surface area contributed by atoms with E-state index in [0.717, 1.165) is 6.20 Å². The zero-order chi connectivity index (χ0) is 26.6. The highest BCUT2D eigenvalue weighted by molar-refractivity contribution is 7.81. The molecule has 0 N–H and O–H groups in total. The molecular formula is C28H18N4O5S. The van der Waals surface area contributed by atoms with Gasteiger partial charge in [0.05, 0.1) is 16.3 Å². The standard InChI is InChI=1S/C28H18N4O5S/c33-26-24(17-19-11-14-23(15-12-19)37-25-16-13-22(18-29-25)32(35)36)27(34)31(21-9-5-2-6-10-21)28(38)30(26)20-7-3-1-4-8-20/h1-18H. The first kappa shape index (κ1) is 24.5. The molecule has 0 spiro atoms. The summed E-state index contributed by atoms with van der Waals surface area (Å²) in [5.41, 5.74) is 1.47. The van der Waals surface area contributed by atoms with E-state index >= 15 is 0 Å². The highest BCUT2D eigenvalue weighted by Crippen LogP contribution is 2.30. The van der Waals surface area contributed by atoms with Gasteiger partial charge in [-0.05, 0) is 60.3 Å². The van der Waals surface area contributed by atoms with Crippen molar-refractivity contribution in [1.29, 1.82) is 0 Å². The lowest BCUT2D eigenvalue weighted by Gasteiger charge is -2.36. The summed E-state index contributed by atoms with van der Waals surface area (Å²) in [6.45, 7) is 0. The van der Waals surface area contributed by atoms with Crippen LogP contribution in [0, 0.1) is 10.1 Å². The third kappa shape index (κ3) is 4.88.